The van der Waals surface area contributed by atoms with Crippen LogP contribution in [0.2, 0.25) is 0 Å². The standard InChI is InChI=1S/C13H14N2O2/c16-10-12-4-1-2-5-13(12)17-9-3-7-15-8-6-14-11-15/h1-2,4-6,8,10-11H,3,7,9H2. The van der Waals surface area contributed by atoms with Crippen LogP contribution in [-0.4, -0.2) is 22.4 Å². The molecule has 0 N–H and O–H groups in total. The first-order valence-electron chi connectivity index (χ1n) is 5.53. The number of carbonyl (C=O) groups excluding carboxylic acids is 1. The second-order valence-corrected chi connectivity index (χ2v) is 3.66. The van der Waals surface area contributed by atoms with Gasteiger partial charge >= 0.3 is 0 Å². The van der Waals surface area contributed by atoms with E-state index in [9.17, 15) is 4.79 Å². The van der Waals surface area contributed by atoms with Gasteiger partial charge in [0.15, 0.2) is 6.29 Å². The van der Waals surface area contributed by atoms with Gasteiger partial charge in [0.25, 0.3) is 0 Å². The molecule has 0 bridgehead atoms. The van der Waals surface area contributed by atoms with Crippen LogP contribution in [-0.2, 0) is 6.54 Å². The highest BCUT2D eigenvalue weighted by Crippen LogP contribution is 2.15. The summed E-state index contributed by atoms with van der Waals surface area (Å²) in [4.78, 5) is 14.7. The Morgan fingerprint density at radius 1 is 1.35 bits per heavy atom. The number of imidazole rings is 1. The summed E-state index contributed by atoms with van der Waals surface area (Å²) in [6.07, 6.45) is 7.13. The average Bonchev–Trinajstić information content (AvgIpc) is 2.88. The Morgan fingerprint density at radius 3 is 3.00 bits per heavy atom. The largest absolute Gasteiger partial charge is 0.493 e. The molecule has 0 aliphatic rings. The van der Waals surface area contributed by atoms with Gasteiger partial charge in [0.1, 0.15) is 5.75 Å². The topological polar surface area (TPSA) is 44.1 Å². The van der Waals surface area contributed by atoms with Gasteiger partial charge in [-0.15, -0.1) is 0 Å². The van der Waals surface area contributed by atoms with E-state index in [-0.39, 0.29) is 0 Å². The summed E-state index contributed by atoms with van der Waals surface area (Å²) >= 11 is 0. The normalized spacial score (nSPS) is 10.1. The smallest absolute Gasteiger partial charge is 0.153 e. The van der Waals surface area contributed by atoms with Gasteiger partial charge in [0.2, 0.25) is 0 Å². The molecular formula is C13H14N2O2. The highest BCUT2D eigenvalue weighted by Gasteiger charge is 2.00. The molecule has 1 aromatic heterocycles. The lowest BCUT2D eigenvalue weighted by Crippen LogP contribution is -2.04. The summed E-state index contributed by atoms with van der Waals surface area (Å²) in [5, 5.41) is 0. The maximum Gasteiger partial charge on any atom is 0.153 e. The molecule has 4 heteroatoms. The first-order chi connectivity index (χ1) is 8.40. The molecule has 0 unspecified atom stereocenters. The summed E-state index contributed by atoms with van der Waals surface area (Å²) < 4.78 is 7.56. The number of benzene rings is 1. The Balaban J connectivity index is 1.80. The maximum absolute atomic E-state index is 10.8. The van der Waals surface area contributed by atoms with Crippen LogP contribution >= 0.6 is 0 Å². The molecule has 0 amide bonds. The number of rotatable bonds is 6. The predicted octanol–water partition coefficient (Wildman–Crippen LogP) is 2.16. The minimum absolute atomic E-state index is 0.586. The van der Waals surface area contributed by atoms with Crippen LogP contribution < -0.4 is 4.74 Å². The van der Waals surface area contributed by atoms with Crippen molar-refractivity contribution in [3.63, 3.8) is 0 Å². The summed E-state index contributed by atoms with van der Waals surface area (Å²) in [5.41, 5.74) is 0.593. The summed E-state index contributed by atoms with van der Waals surface area (Å²) in [6, 6.07) is 7.24. The molecule has 2 aromatic rings. The number of carbonyl (C=O) groups is 1. The minimum atomic E-state index is 0.586. The van der Waals surface area contributed by atoms with E-state index < -0.39 is 0 Å². The van der Waals surface area contributed by atoms with Crippen LogP contribution in [0.5, 0.6) is 5.75 Å². The molecule has 1 aromatic carbocycles. The van der Waals surface area contributed by atoms with Crippen molar-refractivity contribution in [3.05, 3.63) is 48.5 Å². The summed E-state index contributed by atoms with van der Waals surface area (Å²) in [5.74, 6) is 0.646. The Labute approximate surface area is 99.9 Å². The van der Waals surface area contributed by atoms with Gasteiger partial charge in [-0.05, 0) is 18.6 Å². The van der Waals surface area contributed by atoms with Crippen molar-refractivity contribution >= 4 is 6.29 Å². The van der Waals surface area contributed by atoms with E-state index in [1.807, 2.05) is 22.9 Å². The van der Waals surface area contributed by atoms with E-state index in [1.54, 1.807) is 24.7 Å². The van der Waals surface area contributed by atoms with Crippen LogP contribution in [0.1, 0.15) is 16.8 Å². The van der Waals surface area contributed by atoms with Crippen molar-refractivity contribution in [2.45, 2.75) is 13.0 Å². The number of para-hydroxylation sites is 1. The number of aldehydes is 1. The summed E-state index contributed by atoms with van der Waals surface area (Å²) in [6.45, 7) is 1.45. The van der Waals surface area contributed by atoms with Crippen molar-refractivity contribution < 1.29 is 9.53 Å². The molecule has 0 aliphatic heterocycles. The number of aromatic nitrogens is 2. The van der Waals surface area contributed by atoms with Gasteiger partial charge in [-0.3, -0.25) is 4.79 Å². The van der Waals surface area contributed by atoms with Crippen molar-refractivity contribution in [2.24, 2.45) is 0 Å². The molecule has 0 atom stereocenters. The third kappa shape index (κ3) is 3.17. The third-order valence-electron chi connectivity index (χ3n) is 2.42. The number of hydrogen-bond acceptors (Lipinski definition) is 3. The summed E-state index contributed by atoms with van der Waals surface area (Å²) in [7, 11) is 0. The lowest BCUT2D eigenvalue weighted by atomic mass is 10.2. The molecule has 0 saturated carbocycles. The zero-order valence-electron chi connectivity index (χ0n) is 9.45. The predicted molar refractivity (Wildman–Crippen MR) is 64.2 cm³/mol. The molecule has 17 heavy (non-hydrogen) atoms. The van der Waals surface area contributed by atoms with E-state index in [0.29, 0.717) is 17.9 Å². The number of aryl methyl sites for hydroxylation is 1. The molecule has 2 rings (SSSR count). The van der Waals surface area contributed by atoms with Gasteiger partial charge in [-0.25, -0.2) is 4.98 Å². The zero-order valence-corrected chi connectivity index (χ0v) is 9.45. The van der Waals surface area contributed by atoms with Crippen LogP contribution in [0.4, 0.5) is 0 Å². The van der Waals surface area contributed by atoms with Crippen molar-refractivity contribution in [2.75, 3.05) is 6.61 Å². The Hall–Kier alpha value is -2.10. The average molecular weight is 230 g/mol. The number of nitrogens with zero attached hydrogens (tertiary/aromatic N) is 2. The Morgan fingerprint density at radius 2 is 2.24 bits per heavy atom. The Kier molecular flexibility index (Phi) is 3.91. The molecule has 0 fully saturated rings. The molecule has 4 nitrogen and oxygen atoms in total. The fourth-order valence-electron chi connectivity index (χ4n) is 1.56. The molecule has 0 aliphatic carbocycles. The van der Waals surface area contributed by atoms with Gasteiger partial charge in [0.05, 0.1) is 18.5 Å². The van der Waals surface area contributed by atoms with E-state index in [0.717, 1.165) is 19.3 Å². The second kappa shape index (κ2) is 5.84. The quantitative estimate of drug-likeness (QED) is 0.564. The van der Waals surface area contributed by atoms with Crippen LogP contribution in [0.15, 0.2) is 43.0 Å². The van der Waals surface area contributed by atoms with E-state index >= 15 is 0 Å². The van der Waals surface area contributed by atoms with Crippen molar-refractivity contribution in [3.8, 4) is 5.75 Å². The van der Waals surface area contributed by atoms with E-state index in [2.05, 4.69) is 4.98 Å². The zero-order chi connectivity index (χ0) is 11.9. The minimum Gasteiger partial charge on any atom is -0.493 e. The van der Waals surface area contributed by atoms with Crippen LogP contribution in [0.25, 0.3) is 0 Å². The molecule has 0 radical (unpaired) electrons. The first kappa shape index (κ1) is 11.4. The molecule has 1 heterocycles. The van der Waals surface area contributed by atoms with Gasteiger partial charge in [-0.1, -0.05) is 12.1 Å². The van der Waals surface area contributed by atoms with Crippen LogP contribution in [0, 0.1) is 0 Å². The van der Waals surface area contributed by atoms with E-state index in [1.165, 1.54) is 0 Å². The number of ether oxygens (including phenoxy) is 1. The van der Waals surface area contributed by atoms with Gasteiger partial charge < -0.3 is 9.30 Å². The first-order valence-corrected chi connectivity index (χ1v) is 5.53. The molecule has 88 valence electrons. The van der Waals surface area contributed by atoms with E-state index in [4.69, 9.17) is 4.74 Å². The molecule has 0 saturated heterocycles. The van der Waals surface area contributed by atoms with Gasteiger partial charge in [-0.2, -0.15) is 0 Å². The Bertz CT molecular complexity index is 466. The second-order valence-electron chi connectivity index (χ2n) is 3.66. The van der Waals surface area contributed by atoms with Crippen molar-refractivity contribution in [1.82, 2.24) is 9.55 Å². The fraction of sp³-hybridized carbons (Fsp3) is 0.231. The number of hydrogen-bond donors (Lipinski definition) is 0. The highest BCUT2D eigenvalue weighted by molar-refractivity contribution is 5.79. The maximum atomic E-state index is 10.8. The lowest BCUT2D eigenvalue weighted by molar-refractivity contribution is 0.111. The molecule has 0 spiro atoms. The molecular weight excluding hydrogens is 216 g/mol. The van der Waals surface area contributed by atoms with Crippen molar-refractivity contribution in [1.29, 1.82) is 0 Å². The third-order valence-corrected chi connectivity index (χ3v) is 2.42. The van der Waals surface area contributed by atoms with Gasteiger partial charge in [0, 0.05) is 18.9 Å². The lowest BCUT2D eigenvalue weighted by Gasteiger charge is -2.08. The fourth-order valence-corrected chi connectivity index (χ4v) is 1.56. The van der Waals surface area contributed by atoms with Crippen LogP contribution in [0.3, 0.4) is 0 Å². The SMILES string of the molecule is O=Cc1ccccc1OCCCn1ccnc1. The monoisotopic (exact) mass is 230 g/mol. The highest BCUT2D eigenvalue weighted by atomic mass is 16.5.